The summed E-state index contributed by atoms with van der Waals surface area (Å²) < 4.78 is 4.76. The molecule has 4 heteroatoms. The van der Waals surface area contributed by atoms with Crippen LogP contribution < -0.4 is 9.80 Å². The van der Waals surface area contributed by atoms with Gasteiger partial charge in [0.25, 0.3) is 0 Å². The molecule has 0 saturated heterocycles. The lowest BCUT2D eigenvalue weighted by Gasteiger charge is -2.26. The van der Waals surface area contributed by atoms with Crippen LogP contribution in [-0.2, 0) is 0 Å². The molecule has 100 heavy (non-hydrogen) atoms. The van der Waals surface area contributed by atoms with Gasteiger partial charge >= 0.3 is 0 Å². The van der Waals surface area contributed by atoms with Gasteiger partial charge in [-0.3, -0.25) is 0 Å². The van der Waals surface area contributed by atoms with Crippen molar-refractivity contribution in [3.63, 3.8) is 0 Å². The van der Waals surface area contributed by atoms with Gasteiger partial charge in [0, 0.05) is 67.0 Å². The molecule has 2 heterocycles. The lowest BCUT2D eigenvalue weighted by molar-refractivity contribution is 1.18. The first kappa shape index (κ1) is 59.2. The van der Waals surface area contributed by atoms with Gasteiger partial charge in [-0.05, 0) is 210 Å². The smallest absolute Gasteiger partial charge is 0.0541 e. The van der Waals surface area contributed by atoms with Gasteiger partial charge in [0.05, 0.1) is 22.1 Å². The highest BCUT2D eigenvalue weighted by atomic mass is 15.1. The van der Waals surface area contributed by atoms with E-state index < -0.39 is 0 Å². The van der Waals surface area contributed by atoms with E-state index in [4.69, 9.17) is 0 Å². The van der Waals surface area contributed by atoms with E-state index >= 15 is 0 Å². The summed E-state index contributed by atoms with van der Waals surface area (Å²) in [5, 5.41) is 12.6. The lowest BCUT2D eigenvalue weighted by atomic mass is 9.98. The number of fused-ring (bicyclic) bond motifs is 9. The molecule has 4 nitrogen and oxygen atoms in total. The van der Waals surface area contributed by atoms with Gasteiger partial charge in [0.15, 0.2) is 0 Å². The standard InChI is InChI=1S/C50H34N2.C46H32N2/c1-2-15-41(16-3-1)51(43-29-24-38(25-30-43)46-19-10-14-37-12-6-7-17-45(37)46)42-27-21-36(22-28-42)40-26-32-50-48(34-40)47-18-8-9-20-49(47)52(50)44-31-23-35-11-4-5-13-39(35)33-44;1-3-14-37(15-4-1)47(40-29-24-35(25-30-40)42-20-11-13-34-12-7-8-18-41(34)42)39-27-22-33(23-28-39)36-26-31-46-44(32-36)43-19-9-10-21-45(43)48(46)38-16-5-2-6-17-38/h1-34H;1-32H. The highest BCUT2D eigenvalue weighted by molar-refractivity contribution is 6.12. The van der Waals surface area contributed by atoms with E-state index in [1.54, 1.807) is 0 Å². The number of rotatable bonds is 12. The van der Waals surface area contributed by atoms with Crippen LogP contribution in [0.15, 0.2) is 400 Å². The summed E-state index contributed by atoms with van der Waals surface area (Å²) in [5.74, 6) is 0. The number of hydrogen-bond acceptors (Lipinski definition) is 2. The molecule has 0 fully saturated rings. The van der Waals surface area contributed by atoms with Crippen LogP contribution in [-0.4, -0.2) is 9.13 Å². The molecule has 0 spiro atoms. The SMILES string of the molecule is c1ccc(N(c2ccc(-c3ccc4c(c3)c3ccccc3n4-c3ccc4ccccc4c3)cc2)c2ccc(-c3cccc4ccccc34)cc2)cc1.c1ccc(N(c2ccc(-c3ccc4c(c3)c3ccccc3n4-c3ccccc3)cc2)c2ccc(-c3cccc4ccccc34)cc2)cc1. The largest absolute Gasteiger partial charge is 0.311 e. The number of aromatic nitrogens is 2. The topological polar surface area (TPSA) is 16.3 Å². The van der Waals surface area contributed by atoms with Crippen molar-refractivity contribution in [3.05, 3.63) is 400 Å². The van der Waals surface area contributed by atoms with Crippen molar-refractivity contribution < 1.29 is 0 Å². The van der Waals surface area contributed by atoms with Crippen LogP contribution in [0.5, 0.6) is 0 Å². The molecule has 19 aromatic rings. The van der Waals surface area contributed by atoms with Gasteiger partial charge in [0.1, 0.15) is 0 Å². The van der Waals surface area contributed by atoms with E-state index in [1.165, 1.54) is 132 Å². The lowest BCUT2D eigenvalue weighted by Crippen LogP contribution is -2.09. The van der Waals surface area contributed by atoms with Gasteiger partial charge in [0.2, 0.25) is 0 Å². The molecular formula is C96H66N4. The summed E-state index contributed by atoms with van der Waals surface area (Å²) >= 11 is 0. The van der Waals surface area contributed by atoms with Crippen LogP contribution in [0, 0.1) is 0 Å². The Labute approximate surface area is 581 Å². The number of anilines is 6. The molecule has 19 rings (SSSR count). The van der Waals surface area contributed by atoms with Crippen molar-refractivity contribution in [1.29, 1.82) is 0 Å². The summed E-state index contributed by atoms with van der Waals surface area (Å²) in [6.45, 7) is 0. The first-order valence-electron chi connectivity index (χ1n) is 34.3. The van der Waals surface area contributed by atoms with Crippen molar-refractivity contribution in [1.82, 2.24) is 9.13 Å². The van der Waals surface area contributed by atoms with Crippen LogP contribution in [0.25, 0.3) is 132 Å². The van der Waals surface area contributed by atoms with Crippen LogP contribution in [0.2, 0.25) is 0 Å². The molecule has 0 aliphatic carbocycles. The van der Waals surface area contributed by atoms with Gasteiger partial charge in [-0.25, -0.2) is 0 Å². The zero-order chi connectivity index (χ0) is 66.3. The Bertz CT molecular complexity index is 6170. The maximum absolute atomic E-state index is 2.40. The first-order chi connectivity index (χ1) is 49.6. The summed E-state index contributed by atoms with van der Waals surface area (Å²) in [4.78, 5) is 4.66. The van der Waals surface area contributed by atoms with Crippen LogP contribution in [0.3, 0.4) is 0 Å². The Morgan fingerprint density at radius 1 is 0.160 bits per heavy atom. The van der Waals surface area contributed by atoms with E-state index in [9.17, 15) is 0 Å². The second-order valence-corrected chi connectivity index (χ2v) is 25.6. The maximum Gasteiger partial charge on any atom is 0.0541 e. The summed E-state index contributed by atoms with van der Waals surface area (Å²) in [6.07, 6.45) is 0. The van der Waals surface area contributed by atoms with Gasteiger partial charge in [-0.1, -0.05) is 267 Å². The Morgan fingerprint density at radius 3 is 0.930 bits per heavy atom. The molecule has 0 N–H and O–H groups in total. The predicted molar refractivity (Wildman–Crippen MR) is 425 cm³/mol. The monoisotopic (exact) mass is 1270 g/mol. The van der Waals surface area contributed by atoms with Crippen molar-refractivity contribution in [2.24, 2.45) is 0 Å². The average molecular weight is 1280 g/mol. The van der Waals surface area contributed by atoms with Gasteiger partial charge < -0.3 is 18.9 Å². The Morgan fingerprint density at radius 2 is 0.480 bits per heavy atom. The third-order valence-corrected chi connectivity index (χ3v) is 19.7. The Hall–Kier alpha value is -13.3. The predicted octanol–water partition coefficient (Wildman–Crippen LogP) is 26.6. The number of benzene rings is 17. The van der Waals surface area contributed by atoms with E-state index in [0.717, 1.165) is 34.1 Å². The number of para-hydroxylation sites is 5. The van der Waals surface area contributed by atoms with Gasteiger partial charge in [-0.15, -0.1) is 0 Å². The summed E-state index contributed by atoms with van der Waals surface area (Å²) in [5.41, 5.74) is 23.6. The van der Waals surface area contributed by atoms with E-state index in [1.807, 2.05) is 0 Å². The molecular weight excluding hydrogens is 1210 g/mol. The maximum atomic E-state index is 2.40. The van der Waals surface area contributed by atoms with Crippen LogP contribution in [0.4, 0.5) is 34.1 Å². The summed E-state index contributed by atoms with van der Waals surface area (Å²) in [6, 6.07) is 144. The minimum Gasteiger partial charge on any atom is -0.311 e. The fourth-order valence-electron chi connectivity index (χ4n) is 14.9. The van der Waals surface area contributed by atoms with Gasteiger partial charge in [-0.2, -0.15) is 0 Å². The minimum atomic E-state index is 1.11. The van der Waals surface area contributed by atoms with Crippen molar-refractivity contribution in [3.8, 4) is 55.9 Å². The fraction of sp³-hybridized carbons (Fsp3) is 0. The van der Waals surface area contributed by atoms with Crippen molar-refractivity contribution >= 4 is 110 Å². The third-order valence-electron chi connectivity index (χ3n) is 19.7. The highest BCUT2D eigenvalue weighted by Gasteiger charge is 2.19. The highest BCUT2D eigenvalue weighted by Crippen LogP contribution is 2.43. The molecule has 0 unspecified atom stereocenters. The second kappa shape index (κ2) is 25.7. The average Bonchev–Trinajstić information content (AvgIpc) is 1.58. The fourth-order valence-corrected chi connectivity index (χ4v) is 14.9. The number of hydrogen-bond donors (Lipinski definition) is 0. The third kappa shape index (κ3) is 11.0. The molecule has 17 aromatic carbocycles. The summed E-state index contributed by atoms with van der Waals surface area (Å²) in [7, 11) is 0. The molecule has 2 aromatic heterocycles. The minimum absolute atomic E-state index is 1.11. The van der Waals surface area contributed by atoms with E-state index in [0.29, 0.717) is 0 Å². The molecule has 0 amide bonds. The van der Waals surface area contributed by atoms with Crippen molar-refractivity contribution in [2.75, 3.05) is 9.80 Å². The normalized spacial score (nSPS) is 11.4. The molecule has 0 atom stereocenters. The number of nitrogens with zero attached hydrogens (tertiary/aromatic N) is 4. The van der Waals surface area contributed by atoms with E-state index in [2.05, 4.69) is 419 Å². The Kier molecular flexibility index (Phi) is 15.2. The molecule has 0 aliphatic heterocycles. The van der Waals surface area contributed by atoms with E-state index in [-0.39, 0.29) is 0 Å². The Balaban J connectivity index is 0.000000145. The quantitative estimate of drug-likeness (QED) is 0.121. The zero-order valence-corrected chi connectivity index (χ0v) is 54.9. The van der Waals surface area contributed by atoms with Crippen LogP contribution >= 0.6 is 0 Å². The second-order valence-electron chi connectivity index (χ2n) is 25.6. The van der Waals surface area contributed by atoms with Crippen molar-refractivity contribution in [2.45, 2.75) is 0 Å². The molecule has 470 valence electrons. The first-order valence-corrected chi connectivity index (χ1v) is 34.3. The molecule has 0 saturated carbocycles. The zero-order valence-electron chi connectivity index (χ0n) is 54.9. The molecule has 0 aliphatic rings. The molecule has 0 radical (unpaired) electrons. The van der Waals surface area contributed by atoms with Crippen LogP contribution in [0.1, 0.15) is 0 Å². The molecule has 0 bridgehead atoms.